The number of hydrogen-bond donors (Lipinski definition) is 0. The van der Waals surface area contributed by atoms with Crippen molar-refractivity contribution < 1.29 is 9.13 Å². The van der Waals surface area contributed by atoms with E-state index in [0.29, 0.717) is 17.1 Å². The van der Waals surface area contributed by atoms with Crippen LogP contribution in [0.1, 0.15) is 5.56 Å². The lowest BCUT2D eigenvalue weighted by Crippen LogP contribution is -1.88. The van der Waals surface area contributed by atoms with Crippen LogP contribution in [0.15, 0.2) is 46.9 Å². The van der Waals surface area contributed by atoms with Gasteiger partial charge in [0.15, 0.2) is 0 Å². The molecule has 0 aliphatic rings. The number of benzene rings is 2. The van der Waals surface area contributed by atoms with E-state index in [0.717, 1.165) is 4.47 Å². The van der Waals surface area contributed by atoms with Crippen LogP contribution in [0.25, 0.3) is 0 Å². The fourth-order valence-electron chi connectivity index (χ4n) is 1.30. The van der Waals surface area contributed by atoms with Gasteiger partial charge in [0.05, 0.1) is 5.56 Å². The van der Waals surface area contributed by atoms with E-state index in [1.54, 1.807) is 18.2 Å². The molecule has 0 aliphatic carbocycles. The third-order valence-electron chi connectivity index (χ3n) is 2.11. The number of halogens is 2. The Balaban J connectivity index is 2.32. The van der Waals surface area contributed by atoms with E-state index in [1.807, 2.05) is 6.07 Å². The van der Waals surface area contributed by atoms with Crippen LogP contribution in [0.3, 0.4) is 0 Å². The van der Waals surface area contributed by atoms with Crippen molar-refractivity contribution in [2.75, 3.05) is 0 Å². The first-order chi connectivity index (χ1) is 8.19. The summed E-state index contributed by atoms with van der Waals surface area (Å²) in [7, 11) is 0. The maximum Gasteiger partial charge on any atom is 0.146 e. The fraction of sp³-hybridized carbons (Fsp3) is 0. The van der Waals surface area contributed by atoms with Gasteiger partial charge in [-0.15, -0.1) is 0 Å². The van der Waals surface area contributed by atoms with Gasteiger partial charge in [0.25, 0.3) is 0 Å². The zero-order valence-electron chi connectivity index (χ0n) is 8.65. The fourth-order valence-corrected chi connectivity index (χ4v) is 1.64. The maximum atomic E-state index is 12.7. The summed E-state index contributed by atoms with van der Waals surface area (Å²) in [5.74, 6) is 0.599. The summed E-state index contributed by atoms with van der Waals surface area (Å²) < 4.78 is 19.1. The van der Waals surface area contributed by atoms with Crippen LogP contribution in [0.5, 0.6) is 11.5 Å². The van der Waals surface area contributed by atoms with Crippen molar-refractivity contribution >= 4 is 15.9 Å². The summed E-state index contributed by atoms with van der Waals surface area (Å²) in [6.45, 7) is 0. The number of hydrogen-bond acceptors (Lipinski definition) is 2. The molecular formula is C13H7BrFNO. The van der Waals surface area contributed by atoms with Crippen molar-refractivity contribution in [1.29, 1.82) is 5.26 Å². The summed E-state index contributed by atoms with van der Waals surface area (Å²) in [6.07, 6.45) is 0. The van der Waals surface area contributed by atoms with E-state index in [2.05, 4.69) is 15.9 Å². The molecule has 0 saturated heterocycles. The molecule has 0 aliphatic heterocycles. The Morgan fingerprint density at radius 3 is 2.47 bits per heavy atom. The second kappa shape index (κ2) is 4.98. The zero-order chi connectivity index (χ0) is 12.3. The molecule has 0 saturated carbocycles. The van der Waals surface area contributed by atoms with Crippen molar-refractivity contribution in [2.24, 2.45) is 0 Å². The highest BCUT2D eigenvalue weighted by atomic mass is 79.9. The Morgan fingerprint density at radius 2 is 1.82 bits per heavy atom. The average Bonchev–Trinajstić information content (AvgIpc) is 2.32. The van der Waals surface area contributed by atoms with Crippen molar-refractivity contribution in [3.8, 4) is 17.6 Å². The zero-order valence-corrected chi connectivity index (χ0v) is 10.2. The molecule has 0 amide bonds. The average molecular weight is 292 g/mol. The monoisotopic (exact) mass is 291 g/mol. The van der Waals surface area contributed by atoms with E-state index >= 15 is 0 Å². The van der Waals surface area contributed by atoms with Gasteiger partial charge in [-0.2, -0.15) is 5.26 Å². The van der Waals surface area contributed by atoms with Gasteiger partial charge in [0.1, 0.15) is 23.4 Å². The summed E-state index contributed by atoms with van der Waals surface area (Å²) in [5, 5.41) is 8.93. The normalized spacial score (nSPS) is 9.71. The first-order valence-corrected chi connectivity index (χ1v) is 5.61. The van der Waals surface area contributed by atoms with Gasteiger partial charge in [-0.3, -0.25) is 0 Å². The molecular weight excluding hydrogens is 285 g/mol. The van der Waals surface area contributed by atoms with Gasteiger partial charge in [0.2, 0.25) is 0 Å². The summed E-state index contributed by atoms with van der Waals surface area (Å²) in [4.78, 5) is 0. The van der Waals surface area contributed by atoms with Crippen LogP contribution in [-0.2, 0) is 0 Å². The Hall–Kier alpha value is -1.86. The number of nitrogens with zero attached hydrogens (tertiary/aromatic N) is 1. The SMILES string of the molecule is N#Cc1ccc(Br)cc1Oc1ccc(F)cc1. The third kappa shape index (κ3) is 2.83. The quantitative estimate of drug-likeness (QED) is 0.828. The number of rotatable bonds is 2. The molecule has 0 N–H and O–H groups in total. The Labute approximate surface area is 106 Å². The highest BCUT2D eigenvalue weighted by Gasteiger charge is 2.05. The van der Waals surface area contributed by atoms with Gasteiger partial charge in [0, 0.05) is 4.47 Å². The van der Waals surface area contributed by atoms with E-state index in [1.165, 1.54) is 24.3 Å². The van der Waals surface area contributed by atoms with Crippen molar-refractivity contribution in [3.63, 3.8) is 0 Å². The van der Waals surface area contributed by atoms with Crippen molar-refractivity contribution in [3.05, 3.63) is 58.3 Å². The van der Waals surface area contributed by atoms with Crippen LogP contribution in [-0.4, -0.2) is 0 Å². The molecule has 17 heavy (non-hydrogen) atoms. The minimum Gasteiger partial charge on any atom is -0.456 e. The summed E-state index contributed by atoms with van der Waals surface area (Å²) >= 11 is 3.30. The molecule has 2 aromatic carbocycles. The Morgan fingerprint density at radius 1 is 1.12 bits per heavy atom. The van der Waals surface area contributed by atoms with E-state index in [-0.39, 0.29) is 5.82 Å². The van der Waals surface area contributed by atoms with Gasteiger partial charge in [-0.05, 0) is 42.5 Å². The molecule has 0 fully saturated rings. The van der Waals surface area contributed by atoms with Gasteiger partial charge >= 0.3 is 0 Å². The smallest absolute Gasteiger partial charge is 0.146 e. The maximum absolute atomic E-state index is 12.7. The lowest BCUT2D eigenvalue weighted by molar-refractivity contribution is 0.478. The van der Waals surface area contributed by atoms with Gasteiger partial charge in [-0.1, -0.05) is 15.9 Å². The largest absolute Gasteiger partial charge is 0.456 e. The number of nitriles is 1. The van der Waals surface area contributed by atoms with Crippen LogP contribution >= 0.6 is 15.9 Å². The molecule has 0 heterocycles. The van der Waals surface area contributed by atoms with Gasteiger partial charge in [-0.25, -0.2) is 4.39 Å². The molecule has 4 heteroatoms. The summed E-state index contributed by atoms with van der Waals surface area (Å²) in [6, 6.07) is 12.8. The molecule has 84 valence electrons. The minimum atomic E-state index is -0.327. The Bertz CT molecular complexity index is 575. The van der Waals surface area contributed by atoms with E-state index in [9.17, 15) is 4.39 Å². The third-order valence-corrected chi connectivity index (χ3v) is 2.60. The predicted octanol–water partition coefficient (Wildman–Crippen LogP) is 4.25. The van der Waals surface area contributed by atoms with Crippen LogP contribution in [0.2, 0.25) is 0 Å². The topological polar surface area (TPSA) is 33.0 Å². The highest BCUT2D eigenvalue weighted by Crippen LogP contribution is 2.28. The lowest BCUT2D eigenvalue weighted by Gasteiger charge is -2.07. The standard InChI is InChI=1S/C13H7BrFNO/c14-10-2-1-9(8-16)13(7-10)17-12-5-3-11(15)4-6-12/h1-7H. The molecule has 0 atom stereocenters. The molecule has 0 bridgehead atoms. The van der Waals surface area contributed by atoms with E-state index < -0.39 is 0 Å². The molecule has 0 unspecified atom stereocenters. The molecule has 0 radical (unpaired) electrons. The van der Waals surface area contributed by atoms with Crippen LogP contribution in [0.4, 0.5) is 4.39 Å². The highest BCUT2D eigenvalue weighted by molar-refractivity contribution is 9.10. The first kappa shape index (κ1) is 11.6. The van der Waals surface area contributed by atoms with Gasteiger partial charge < -0.3 is 4.74 Å². The number of ether oxygens (including phenoxy) is 1. The molecule has 2 aromatic rings. The molecule has 2 nitrogen and oxygen atoms in total. The molecule has 0 aromatic heterocycles. The second-order valence-electron chi connectivity index (χ2n) is 3.31. The minimum absolute atomic E-state index is 0.327. The molecule has 2 rings (SSSR count). The summed E-state index contributed by atoms with van der Waals surface area (Å²) in [5.41, 5.74) is 0.428. The second-order valence-corrected chi connectivity index (χ2v) is 4.22. The van der Waals surface area contributed by atoms with Crippen molar-refractivity contribution in [2.45, 2.75) is 0 Å². The molecule has 0 spiro atoms. The Kier molecular flexibility index (Phi) is 3.40. The lowest BCUT2D eigenvalue weighted by atomic mass is 10.2. The first-order valence-electron chi connectivity index (χ1n) is 4.82. The van der Waals surface area contributed by atoms with Crippen molar-refractivity contribution in [1.82, 2.24) is 0 Å². The van der Waals surface area contributed by atoms with Crippen LogP contribution in [0, 0.1) is 17.1 Å². The van der Waals surface area contributed by atoms with E-state index in [4.69, 9.17) is 10.00 Å². The van der Waals surface area contributed by atoms with Crippen LogP contribution < -0.4 is 4.74 Å². The predicted molar refractivity (Wildman–Crippen MR) is 65.3 cm³/mol.